The maximum atomic E-state index is 12.7. The van der Waals surface area contributed by atoms with Crippen LogP contribution in [0.2, 0.25) is 0 Å². The molecule has 0 unspecified atom stereocenters. The largest absolute Gasteiger partial charge is 0.494 e. The lowest BCUT2D eigenvalue weighted by Gasteiger charge is -2.31. The number of piperidine rings is 1. The van der Waals surface area contributed by atoms with Gasteiger partial charge in [0.25, 0.3) is 15.9 Å². The van der Waals surface area contributed by atoms with Crippen LogP contribution in [0.4, 0.5) is 10.5 Å². The number of hydrogen-bond donors (Lipinski definition) is 2. The molecule has 2 amide bonds. The van der Waals surface area contributed by atoms with Crippen LogP contribution in [0.5, 0.6) is 5.75 Å². The molecule has 33 heavy (non-hydrogen) atoms. The van der Waals surface area contributed by atoms with Gasteiger partial charge in [-0.25, -0.2) is 13.2 Å². The molecule has 1 fully saturated rings. The van der Waals surface area contributed by atoms with Gasteiger partial charge in [-0.3, -0.25) is 9.52 Å². The Morgan fingerprint density at radius 1 is 0.970 bits per heavy atom. The molecule has 1 saturated heterocycles. The van der Waals surface area contributed by atoms with Gasteiger partial charge in [0.1, 0.15) is 5.75 Å². The molecule has 9 nitrogen and oxygen atoms in total. The summed E-state index contributed by atoms with van der Waals surface area (Å²) in [4.78, 5) is 26.0. The van der Waals surface area contributed by atoms with Gasteiger partial charge >= 0.3 is 6.09 Å². The monoisotopic (exact) mass is 475 g/mol. The van der Waals surface area contributed by atoms with Crippen molar-refractivity contribution in [3.63, 3.8) is 0 Å². The average molecular weight is 476 g/mol. The predicted octanol–water partition coefficient (Wildman–Crippen LogP) is 3.24. The van der Waals surface area contributed by atoms with E-state index in [1.165, 1.54) is 24.3 Å². The molecular formula is C23H29N3O6S. The molecule has 0 aliphatic carbocycles. The van der Waals surface area contributed by atoms with E-state index in [0.717, 1.165) is 0 Å². The van der Waals surface area contributed by atoms with E-state index in [1.54, 1.807) is 36.1 Å². The average Bonchev–Trinajstić information content (AvgIpc) is 2.81. The molecule has 2 N–H and O–H groups in total. The summed E-state index contributed by atoms with van der Waals surface area (Å²) in [5.41, 5.74) is 0.775. The van der Waals surface area contributed by atoms with E-state index >= 15 is 0 Å². The molecule has 1 heterocycles. The first-order valence-electron chi connectivity index (χ1n) is 10.9. The molecule has 0 bridgehead atoms. The normalized spacial score (nSPS) is 14.4. The van der Waals surface area contributed by atoms with Crippen molar-refractivity contribution in [1.82, 2.24) is 10.2 Å². The number of benzene rings is 2. The third-order valence-corrected chi connectivity index (χ3v) is 6.60. The number of sulfonamides is 1. The van der Waals surface area contributed by atoms with Crippen LogP contribution in [-0.2, 0) is 14.8 Å². The summed E-state index contributed by atoms with van der Waals surface area (Å²) < 4.78 is 38.2. The van der Waals surface area contributed by atoms with Gasteiger partial charge in [0.2, 0.25) is 0 Å². The number of carbonyl (C=O) groups is 2. The second-order valence-corrected chi connectivity index (χ2v) is 9.20. The smallest absolute Gasteiger partial charge is 0.409 e. The van der Waals surface area contributed by atoms with Crippen LogP contribution in [0.15, 0.2) is 53.4 Å². The molecule has 0 saturated carbocycles. The Morgan fingerprint density at radius 3 is 2.18 bits per heavy atom. The molecule has 1 aliphatic rings. The Balaban J connectivity index is 1.55. The van der Waals surface area contributed by atoms with Gasteiger partial charge in [0.15, 0.2) is 0 Å². The van der Waals surface area contributed by atoms with Crippen molar-refractivity contribution < 1.29 is 27.5 Å². The molecule has 0 aromatic heterocycles. The number of nitrogens with zero attached hydrogens (tertiary/aromatic N) is 1. The van der Waals surface area contributed by atoms with Crippen molar-refractivity contribution in [2.24, 2.45) is 0 Å². The first kappa shape index (κ1) is 24.4. The standard InChI is InChI=1S/C23H29N3O6S/c1-3-31-20-9-7-19(8-10-20)25-33(29,30)21-11-5-17(6-12-21)22(27)24-18-13-15-26(16-14-18)23(28)32-4-2/h5-12,18,25H,3-4,13-16H2,1-2H3,(H,24,27). The zero-order chi connectivity index (χ0) is 23.8. The molecule has 2 aromatic carbocycles. The summed E-state index contributed by atoms with van der Waals surface area (Å²) in [6.45, 7) is 5.51. The lowest BCUT2D eigenvalue weighted by Crippen LogP contribution is -2.46. The number of anilines is 1. The lowest BCUT2D eigenvalue weighted by atomic mass is 10.0. The van der Waals surface area contributed by atoms with Gasteiger partial charge in [-0.05, 0) is 75.2 Å². The maximum absolute atomic E-state index is 12.7. The van der Waals surface area contributed by atoms with Crippen LogP contribution >= 0.6 is 0 Å². The minimum Gasteiger partial charge on any atom is -0.494 e. The van der Waals surface area contributed by atoms with Gasteiger partial charge in [0.05, 0.1) is 18.1 Å². The highest BCUT2D eigenvalue weighted by molar-refractivity contribution is 7.92. The molecular weight excluding hydrogens is 446 g/mol. The van der Waals surface area contributed by atoms with Crippen LogP contribution in [0.3, 0.4) is 0 Å². The SMILES string of the molecule is CCOC(=O)N1CCC(NC(=O)c2ccc(S(=O)(=O)Nc3ccc(OCC)cc3)cc2)CC1. The first-order chi connectivity index (χ1) is 15.8. The second kappa shape index (κ2) is 11.0. The van der Waals surface area contributed by atoms with Gasteiger partial charge in [0, 0.05) is 30.4 Å². The van der Waals surface area contributed by atoms with E-state index in [2.05, 4.69) is 10.0 Å². The zero-order valence-electron chi connectivity index (χ0n) is 18.7. The fraction of sp³-hybridized carbons (Fsp3) is 0.391. The Bertz CT molecular complexity index is 1050. The summed E-state index contributed by atoms with van der Waals surface area (Å²) in [5.74, 6) is 0.371. The molecule has 0 atom stereocenters. The summed E-state index contributed by atoms with van der Waals surface area (Å²) in [6, 6.07) is 12.3. The maximum Gasteiger partial charge on any atom is 0.409 e. The van der Waals surface area contributed by atoms with Crippen LogP contribution in [-0.4, -0.2) is 57.7 Å². The molecule has 0 spiro atoms. The zero-order valence-corrected chi connectivity index (χ0v) is 19.6. The van der Waals surface area contributed by atoms with Crippen LogP contribution in [0.1, 0.15) is 37.0 Å². The Labute approximate surface area is 194 Å². The van der Waals surface area contributed by atoms with Crippen LogP contribution in [0, 0.1) is 0 Å². The number of nitrogens with one attached hydrogen (secondary N) is 2. The molecule has 3 rings (SSSR count). The summed E-state index contributed by atoms with van der Waals surface area (Å²) in [5, 5.41) is 2.95. The highest BCUT2D eigenvalue weighted by Gasteiger charge is 2.25. The fourth-order valence-corrected chi connectivity index (χ4v) is 4.53. The van der Waals surface area contributed by atoms with Crippen LogP contribution in [0.25, 0.3) is 0 Å². The summed E-state index contributed by atoms with van der Waals surface area (Å²) >= 11 is 0. The van der Waals surface area contributed by atoms with Crippen LogP contribution < -0.4 is 14.8 Å². The van der Waals surface area contributed by atoms with Gasteiger partial charge in [-0.2, -0.15) is 0 Å². The van der Waals surface area contributed by atoms with E-state index in [0.29, 0.717) is 56.1 Å². The number of likely N-dealkylation sites (tertiary alicyclic amines) is 1. The quantitative estimate of drug-likeness (QED) is 0.606. The molecule has 10 heteroatoms. The van der Waals surface area contributed by atoms with E-state index in [9.17, 15) is 18.0 Å². The topological polar surface area (TPSA) is 114 Å². The van der Waals surface area contributed by atoms with Gasteiger partial charge in [-0.15, -0.1) is 0 Å². The van der Waals surface area contributed by atoms with Crippen molar-refractivity contribution in [2.75, 3.05) is 31.0 Å². The minimum absolute atomic E-state index is 0.0516. The Hall–Kier alpha value is -3.27. The third-order valence-electron chi connectivity index (χ3n) is 5.20. The van der Waals surface area contributed by atoms with E-state index < -0.39 is 10.0 Å². The Morgan fingerprint density at radius 2 is 1.61 bits per heavy atom. The van der Waals surface area contributed by atoms with E-state index in [1.807, 2.05) is 6.92 Å². The molecule has 2 aromatic rings. The number of rotatable bonds is 8. The number of carbonyl (C=O) groups excluding carboxylic acids is 2. The van der Waals surface area contributed by atoms with Crippen molar-refractivity contribution >= 4 is 27.7 Å². The van der Waals surface area contributed by atoms with Gasteiger partial charge < -0.3 is 19.7 Å². The summed E-state index contributed by atoms with van der Waals surface area (Å²) in [7, 11) is -3.80. The number of ether oxygens (including phenoxy) is 2. The molecule has 0 radical (unpaired) electrons. The van der Waals surface area contributed by atoms with E-state index in [4.69, 9.17) is 9.47 Å². The van der Waals surface area contributed by atoms with Crippen molar-refractivity contribution in [3.8, 4) is 5.75 Å². The number of amides is 2. The van der Waals surface area contributed by atoms with E-state index in [-0.39, 0.29) is 22.9 Å². The van der Waals surface area contributed by atoms with Crippen molar-refractivity contribution in [3.05, 3.63) is 54.1 Å². The highest BCUT2D eigenvalue weighted by atomic mass is 32.2. The third kappa shape index (κ3) is 6.61. The minimum atomic E-state index is -3.80. The fourth-order valence-electron chi connectivity index (χ4n) is 3.48. The second-order valence-electron chi connectivity index (χ2n) is 7.52. The molecule has 1 aliphatic heterocycles. The lowest BCUT2D eigenvalue weighted by molar-refractivity contribution is 0.0860. The van der Waals surface area contributed by atoms with Gasteiger partial charge in [-0.1, -0.05) is 0 Å². The van der Waals surface area contributed by atoms with Crippen molar-refractivity contribution in [2.45, 2.75) is 37.6 Å². The number of hydrogen-bond acceptors (Lipinski definition) is 6. The summed E-state index contributed by atoms with van der Waals surface area (Å²) in [6.07, 6.45) is 0.921. The van der Waals surface area contributed by atoms with Crippen molar-refractivity contribution in [1.29, 1.82) is 0 Å². The molecule has 178 valence electrons. The predicted molar refractivity (Wildman–Crippen MR) is 124 cm³/mol. The highest BCUT2D eigenvalue weighted by Crippen LogP contribution is 2.20. The Kier molecular flexibility index (Phi) is 8.16. The first-order valence-corrected chi connectivity index (χ1v) is 12.4.